The summed E-state index contributed by atoms with van der Waals surface area (Å²) in [5.74, 6) is 0.412. The highest BCUT2D eigenvalue weighted by Gasteiger charge is 2.14. The Kier molecular flexibility index (Phi) is 4.02. The molecular weight excluding hydrogens is 168 g/mol. The van der Waals surface area contributed by atoms with E-state index in [-0.39, 0.29) is 18.4 Å². The molecule has 4 N–H and O–H groups in total. The minimum atomic E-state index is -0.748. The van der Waals surface area contributed by atoms with Crippen LogP contribution in [0.25, 0.3) is 0 Å². The first-order chi connectivity index (χ1) is 4.72. The number of aromatic amines is 1. The Morgan fingerprint density at radius 1 is 1.73 bits per heavy atom. The molecule has 0 saturated carbocycles. The Hall–Kier alpha value is -0.650. The minimum absolute atomic E-state index is 0. The van der Waals surface area contributed by atoms with Gasteiger partial charge in [0.05, 0.1) is 0 Å². The molecule has 0 saturated heterocycles. The number of nitrogens with one attached hydrogen (secondary N) is 1. The van der Waals surface area contributed by atoms with E-state index < -0.39 is 6.10 Å². The van der Waals surface area contributed by atoms with Gasteiger partial charge in [-0.2, -0.15) is 0 Å². The Labute approximate surface area is 70.4 Å². The van der Waals surface area contributed by atoms with E-state index in [2.05, 4.69) is 15.2 Å². The molecule has 0 radical (unpaired) electrons. The van der Waals surface area contributed by atoms with Crippen LogP contribution >= 0.6 is 12.4 Å². The number of nitrogens with two attached hydrogens (primary N) is 1. The van der Waals surface area contributed by atoms with Crippen molar-refractivity contribution in [2.45, 2.75) is 19.1 Å². The van der Waals surface area contributed by atoms with Gasteiger partial charge in [0.2, 0.25) is 0 Å². The van der Waals surface area contributed by atoms with E-state index >= 15 is 0 Å². The first kappa shape index (κ1) is 10.3. The second kappa shape index (κ2) is 4.27. The van der Waals surface area contributed by atoms with Crippen LogP contribution in [0.15, 0.2) is 6.33 Å². The van der Waals surface area contributed by atoms with Gasteiger partial charge in [-0.05, 0) is 6.92 Å². The summed E-state index contributed by atoms with van der Waals surface area (Å²) in [6.45, 7) is 1.70. The number of rotatable bonds is 2. The lowest BCUT2D eigenvalue weighted by molar-refractivity contribution is 0.144. The molecule has 0 amide bonds. The lowest BCUT2D eigenvalue weighted by Gasteiger charge is -2.09. The summed E-state index contributed by atoms with van der Waals surface area (Å²) >= 11 is 0. The predicted molar refractivity (Wildman–Crippen MR) is 42.2 cm³/mol. The molecule has 0 bridgehead atoms. The van der Waals surface area contributed by atoms with Crippen molar-refractivity contribution in [1.82, 2.24) is 15.2 Å². The smallest absolute Gasteiger partial charge is 0.160 e. The van der Waals surface area contributed by atoms with Gasteiger partial charge in [-0.25, -0.2) is 0 Å². The van der Waals surface area contributed by atoms with Crippen LogP contribution in [-0.2, 0) is 0 Å². The van der Waals surface area contributed by atoms with Crippen LogP contribution in [0.1, 0.15) is 18.9 Å². The summed E-state index contributed by atoms with van der Waals surface area (Å²) in [5.41, 5.74) is 5.39. The van der Waals surface area contributed by atoms with Gasteiger partial charge in [0.1, 0.15) is 12.4 Å². The van der Waals surface area contributed by atoms with Gasteiger partial charge in [0.15, 0.2) is 5.82 Å². The summed E-state index contributed by atoms with van der Waals surface area (Å²) in [6.07, 6.45) is 0.656. The van der Waals surface area contributed by atoms with E-state index in [9.17, 15) is 5.11 Å². The van der Waals surface area contributed by atoms with E-state index in [1.165, 1.54) is 6.33 Å². The molecule has 64 valence electrons. The van der Waals surface area contributed by atoms with Crippen molar-refractivity contribution in [2.24, 2.45) is 5.73 Å². The van der Waals surface area contributed by atoms with Crippen molar-refractivity contribution in [3.8, 4) is 0 Å². The Bertz CT molecular complexity index is 188. The van der Waals surface area contributed by atoms with Gasteiger partial charge >= 0.3 is 0 Å². The average molecular weight is 179 g/mol. The number of aliphatic hydroxyl groups is 1. The topological polar surface area (TPSA) is 87.8 Å². The number of aromatic nitrogens is 3. The quantitative estimate of drug-likeness (QED) is 0.576. The number of nitrogens with zero attached hydrogens (tertiary/aromatic N) is 2. The molecule has 11 heavy (non-hydrogen) atoms. The molecular formula is C5H11ClN4O. The number of aliphatic hydroxyl groups excluding tert-OH is 1. The second-order valence-corrected chi connectivity index (χ2v) is 2.18. The number of hydrogen-bond donors (Lipinski definition) is 3. The Balaban J connectivity index is 0.000001000. The molecule has 1 aromatic heterocycles. The molecule has 1 rings (SSSR count). The highest BCUT2D eigenvalue weighted by atomic mass is 35.5. The van der Waals surface area contributed by atoms with Crippen LogP contribution in [0.3, 0.4) is 0 Å². The second-order valence-electron chi connectivity index (χ2n) is 2.18. The van der Waals surface area contributed by atoms with Crippen molar-refractivity contribution in [3.63, 3.8) is 0 Å². The van der Waals surface area contributed by atoms with E-state index in [4.69, 9.17) is 5.73 Å². The first-order valence-corrected chi connectivity index (χ1v) is 3.01. The number of H-pyrrole nitrogens is 1. The zero-order valence-corrected chi connectivity index (χ0v) is 6.88. The van der Waals surface area contributed by atoms with Crippen LogP contribution in [0.5, 0.6) is 0 Å². The van der Waals surface area contributed by atoms with Gasteiger partial charge in [-0.1, -0.05) is 0 Å². The van der Waals surface area contributed by atoms with Gasteiger partial charge in [0.25, 0.3) is 0 Å². The summed E-state index contributed by atoms with van der Waals surface area (Å²) in [4.78, 5) is 2.67. The van der Waals surface area contributed by atoms with E-state index in [1.807, 2.05) is 0 Å². The molecule has 1 heterocycles. The zero-order valence-electron chi connectivity index (χ0n) is 6.06. The third-order valence-electron chi connectivity index (χ3n) is 1.21. The van der Waals surface area contributed by atoms with Crippen LogP contribution < -0.4 is 5.73 Å². The van der Waals surface area contributed by atoms with Gasteiger partial charge < -0.3 is 15.8 Å². The molecule has 0 aromatic carbocycles. The fourth-order valence-corrected chi connectivity index (χ4v) is 0.608. The summed E-state index contributed by atoms with van der Waals surface area (Å²) < 4.78 is 0. The fourth-order valence-electron chi connectivity index (χ4n) is 0.608. The molecule has 2 unspecified atom stereocenters. The maximum absolute atomic E-state index is 9.23. The molecule has 0 spiro atoms. The van der Waals surface area contributed by atoms with Crippen LogP contribution in [0, 0.1) is 0 Å². The van der Waals surface area contributed by atoms with Crippen molar-refractivity contribution in [2.75, 3.05) is 0 Å². The van der Waals surface area contributed by atoms with Gasteiger partial charge in [-0.3, -0.25) is 0 Å². The van der Waals surface area contributed by atoms with Crippen LogP contribution in [-0.4, -0.2) is 26.3 Å². The third kappa shape index (κ3) is 2.45. The average Bonchev–Trinajstić information content (AvgIpc) is 2.36. The molecule has 0 aliphatic carbocycles. The summed E-state index contributed by atoms with van der Waals surface area (Å²) in [6, 6.07) is -0.326. The van der Waals surface area contributed by atoms with E-state index in [1.54, 1.807) is 6.92 Å². The third-order valence-corrected chi connectivity index (χ3v) is 1.21. The molecule has 0 fully saturated rings. The highest BCUT2D eigenvalue weighted by molar-refractivity contribution is 5.85. The van der Waals surface area contributed by atoms with Crippen molar-refractivity contribution in [3.05, 3.63) is 12.2 Å². The minimum Gasteiger partial charge on any atom is -0.383 e. The fraction of sp³-hybridized carbons (Fsp3) is 0.600. The zero-order chi connectivity index (χ0) is 7.56. The Morgan fingerprint density at radius 2 is 2.36 bits per heavy atom. The Morgan fingerprint density at radius 3 is 2.73 bits per heavy atom. The standard InChI is InChI=1S/C5H10N4O.ClH/c1-3(6)4(10)5-7-2-8-9-5;/h2-4,10H,6H2,1H3,(H,7,8,9);1H. The molecule has 2 atom stereocenters. The van der Waals surface area contributed by atoms with E-state index in [0.717, 1.165) is 0 Å². The van der Waals surface area contributed by atoms with Gasteiger partial charge in [-0.15, -0.1) is 22.6 Å². The molecule has 0 aliphatic rings. The maximum Gasteiger partial charge on any atom is 0.160 e. The largest absolute Gasteiger partial charge is 0.383 e. The normalized spacial score (nSPS) is 15.2. The van der Waals surface area contributed by atoms with Gasteiger partial charge in [0, 0.05) is 6.04 Å². The van der Waals surface area contributed by atoms with Crippen molar-refractivity contribution < 1.29 is 5.11 Å². The number of hydrogen-bond acceptors (Lipinski definition) is 4. The van der Waals surface area contributed by atoms with Crippen molar-refractivity contribution >= 4 is 12.4 Å². The molecule has 5 nitrogen and oxygen atoms in total. The first-order valence-electron chi connectivity index (χ1n) is 3.01. The molecule has 1 aromatic rings. The molecule has 6 heteroatoms. The van der Waals surface area contributed by atoms with E-state index in [0.29, 0.717) is 5.82 Å². The van der Waals surface area contributed by atoms with Crippen LogP contribution in [0.2, 0.25) is 0 Å². The lowest BCUT2D eigenvalue weighted by Crippen LogP contribution is -2.25. The summed E-state index contributed by atoms with van der Waals surface area (Å²) in [7, 11) is 0. The van der Waals surface area contributed by atoms with Crippen molar-refractivity contribution in [1.29, 1.82) is 0 Å². The lowest BCUT2D eigenvalue weighted by atomic mass is 10.2. The number of halogens is 1. The molecule has 0 aliphatic heterocycles. The van der Waals surface area contributed by atoms with Crippen LogP contribution in [0.4, 0.5) is 0 Å². The summed E-state index contributed by atoms with van der Waals surface area (Å²) in [5, 5.41) is 16.3. The monoisotopic (exact) mass is 178 g/mol. The maximum atomic E-state index is 9.23. The SMILES string of the molecule is CC(N)C(O)c1nnc[nH]1.Cl. The highest BCUT2D eigenvalue weighted by Crippen LogP contribution is 2.07. The predicted octanol–water partition coefficient (Wildman–Crippen LogP) is -0.393.